The van der Waals surface area contributed by atoms with Crippen LogP contribution < -0.4 is 0 Å². The molecule has 0 amide bonds. The van der Waals surface area contributed by atoms with Crippen LogP contribution in [0.2, 0.25) is 0 Å². The third-order valence-electron chi connectivity index (χ3n) is 3.11. The lowest BCUT2D eigenvalue weighted by molar-refractivity contribution is 0.281. The molecule has 0 atom stereocenters. The van der Waals surface area contributed by atoms with Crippen molar-refractivity contribution in [1.29, 1.82) is 0 Å². The molecule has 0 unspecified atom stereocenters. The fourth-order valence-corrected chi connectivity index (χ4v) is 2.40. The summed E-state index contributed by atoms with van der Waals surface area (Å²) in [6.07, 6.45) is 0. The Labute approximate surface area is 110 Å². The molecule has 2 nitrogen and oxygen atoms in total. The molecule has 0 saturated carbocycles. The van der Waals surface area contributed by atoms with E-state index in [4.69, 9.17) is 0 Å². The van der Waals surface area contributed by atoms with E-state index < -0.39 is 0 Å². The first-order chi connectivity index (χ1) is 8.04. The molecule has 1 aromatic heterocycles. The first-order valence-corrected chi connectivity index (χ1v) is 6.39. The molecule has 0 fully saturated rings. The van der Waals surface area contributed by atoms with Gasteiger partial charge >= 0.3 is 0 Å². The van der Waals surface area contributed by atoms with Crippen molar-refractivity contribution in [3.8, 4) is 5.69 Å². The van der Waals surface area contributed by atoms with Crippen LogP contribution >= 0.6 is 15.9 Å². The van der Waals surface area contributed by atoms with Gasteiger partial charge in [-0.25, -0.2) is 0 Å². The molecule has 0 aliphatic heterocycles. The number of halogens is 1. The highest BCUT2D eigenvalue weighted by molar-refractivity contribution is 9.10. The summed E-state index contributed by atoms with van der Waals surface area (Å²) in [4.78, 5) is 0. The quantitative estimate of drug-likeness (QED) is 0.898. The molecule has 0 bridgehead atoms. The first kappa shape index (κ1) is 12.4. The molecule has 0 saturated heterocycles. The zero-order valence-electron chi connectivity index (χ0n) is 10.3. The van der Waals surface area contributed by atoms with Crippen LogP contribution in [0.5, 0.6) is 0 Å². The molecule has 2 rings (SSSR count). The molecular formula is C14H16BrNO. The maximum absolute atomic E-state index is 9.28. The van der Waals surface area contributed by atoms with E-state index in [0.717, 1.165) is 27.1 Å². The van der Waals surface area contributed by atoms with Gasteiger partial charge in [0.2, 0.25) is 0 Å². The van der Waals surface area contributed by atoms with Gasteiger partial charge in [0, 0.05) is 21.5 Å². The van der Waals surface area contributed by atoms with Gasteiger partial charge in [0.15, 0.2) is 0 Å². The topological polar surface area (TPSA) is 25.2 Å². The van der Waals surface area contributed by atoms with Crippen LogP contribution in [0.3, 0.4) is 0 Å². The number of hydrogen-bond acceptors (Lipinski definition) is 1. The van der Waals surface area contributed by atoms with Gasteiger partial charge in [-0.05, 0) is 56.2 Å². The Morgan fingerprint density at radius 3 is 2.41 bits per heavy atom. The van der Waals surface area contributed by atoms with Gasteiger partial charge in [-0.1, -0.05) is 15.9 Å². The lowest BCUT2D eigenvalue weighted by Gasteiger charge is -2.11. The van der Waals surface area contributed by atoms with E-state index in [9.17, 15) is 5.11 Å². The molecule has 0 spiro atoms. The summed E-state index contributed by atoms with van der Waals surface area (Å²) in [5.41, 5.74) is 5.59. The standard InChI is InChI=1S/C14H16BrNO/c1-9-6-13(4-5-14(9)15)16-10(2)7-12(8-17)11(16)3/h4-7,17H,8H2,1-3H3. The van der Waals surface area contributed by atoms with Gasteiger partial charge in [-0.15, -0.1) is 0 Å². The monoisotopic (exact) mass is 293 g/mol. The summed E-state index contributed by atoms with van der Waals surface area (Å²) in [5.74, 6) is 0. The summed E-state index contributed by atoms with van der Waals surface area (Å²) in [5, 5.41) is 9.28. The van der Waals surface area contributed by atoms with Crippen molar-refractivity contribution in [3.63, 3.8) is 0 Å². The largest absolute Gasteiger partial charge is 0.392 e. The Bertz CT molecular complexity index is 558. The van der Waals surface area contributed by atoms with E-state index in [1.54, 1.807) is 0 Å². The molecule has 0 aliphatic rings. The van der Waals surface area contributed by atoms with Crippen LogP contribution in [0.15, 0.2) is 28.7 Å². The first-order valence-electron chi connectivity index (χ1n) is 5.59. The average Bonchev–Trinajstić information content (AvgIpc) is 2.58. The fourth-order valence-electron chi connectivity index (χ4n) is 2.15. The lowest BCUT2D eigenvalue weighted by Crippen LogP contribution is -2.00. The second kappa shape index (κ2) is 4.67. The molecule has 17 heavy (non-hydrogen) atoms. The predicted molar refractivity (Wildman–Crippen MR) is 73.6 cm³/mol. The van der Waals surface area contributed by atoms with Crippen LogP contribution in [-0.2, 0) is 6.61 Å². The number of aliphatic hydroxyl groups excluding tert-OH is 1. The Morgan fingerprint density at radius 2 is 1.88 bits per heavy atom. The van der Waals surface area contributed by atoms with Gasteiger partial charge in [0.25, 0.3) is 0 Å². The number of aryl methyl sites for hydroxylation is 2. The second-order valence-electron chi connectivity index (χ2n) is 4.32. The van der Waals surface area contributed by atoms with Gasteiger partial charge in [-0.2, -0.15) is 0 Å². The van der Waals surface area contributed by atoms with Crippen LogP contribution in [0.4, 0.5) is 0 Å². The van der Waals surface area contributed by atoms with Crippen LogP contribution in [0.25, 0.3) is 5.69 Å². The molecule has 0 radical (unpaired) electrons. The third-order valence-corrected chi connectivity index (χ3v) is 4.00. The van der Waals surface area contributed by atoms with E-state index in [2.05, 4.69) is 52.5 Å². The molecular weight excluding hydrogens is 278 g/mol. The minimum atomic E-state index is 0.0924. The Kier molecular flexibility index (Phi) is 3.40. The number of aliphatic hydroxyl groups is 1. The van der Waals surface area contributed by atoms with E-state index in [0.29, 0.717) is 0 Å². The molecule has 1 aromatic carbocycles. The van der Waals surface area contributed by atoms with Gasteiger partial charge < -0.3 is 9.67 Å². The van der Waals surface area contributed by atoms with Crippen molar-refractivity contribution < 1.29 is 5.11 Å². The summed E-state index contributed by atoms with van der Waals surface area (Å²) in [6, 6.07) is 8.32. The van der Waals surface area contributed by atoms with Gasteiger partial charge in [0.1, 0.15) is 0 Å². The molecule has 1 N–H and O–H groups in total. The second-order valence-corrected chi connectivity index (χ2v) is 5.18. The van der Waals surface area contributed by atoms with E-state index in [1.807, 2.05) is 13.0 Å². The highest BCUT2D eigenvalue weighted by Crippen LogP contribution is 2.24. The van der Waals surface area contributed by atoms with Crippen molar-refractivity contribution in [1.82, 2.24) is 4.57 Å². The van der Waals surface area contributed by atoms with Crippen molar-refractivity contribution in [2.45, 2.75) is 27.4 Å². The number of rotatable bonds is 2. The molecule has 0 aliphatic carbocycles. The number of hydrogen-bond donors (Lipinski definition) is 1. The molecule has 2 aromatic rings. The normalized spacial score (nSPS) is 10.9. The maximum atomic E-state index is 9.28. The highest BCUT2D eigenvalue weighted by atomic mass is 79.9. The van der Waals surface area contributed by atoms with E-state index >= 15 is 0 Å². The number of aromatic nitrogens is 1. The maximum Gasteiger partial charge on any atom is 0.0699 e. The molecule has 1 heterocycles. The molecule has 3 heteroatoms. The Hall–Kier alpha value is -1.06. The van der Waals surface area contributed by atoms with Crippen LogP contribution in [-0.4, -0.2) is 9.67 Å². The Balaban J connectivity index is 2.60. The summed E-state index contributed by atoms with van der Waals surface area (Å²) < 4.78 is 3.29. The SMILES string of the molecule is Cc1cc(-n2c(C)cc(CO)c2C)ccc1Br. The summed E-state index contributed by atoms with van der Waals surface area (Å²) in [7, 11) is 0. The third kappa shape index (κ3) is 2.17. The number of benzene rings is 1. The van der Waals surface area contributed by atoms with Crippen LogP contribution in [0.1, 0.15) is 22.5 Å². The fraction of sp³-hybridized carbons (Fsp3) is 0.286. The van der Waals surface area contributed by atoms with E-state index in [1.165, 1.54) is 5.56 Å². The Morgan fingerprint density at radius 1 is 1.18 bits per heavy atom. The molecule has 90 valence electrons. The number of nitrogens with zero attached hydrogens (tertiary/aromatic N) is 1. The lowest BCUT2D eigenvalue weighted by atomic mass is 10.2. The zero-order chi connectivity index (χ0) is 12.6. The minimum absolute atomic E-state index is 0.0924. The van der Waals surface area contributed by atoms with Gasteiger partial charge in [-0.3, -0.25) is 0 Å². The zero-order valence-corrected chi connectivity index (χ0v) is 11.9. The van der Waals surface area contributed by atoms with Crippen molar-refractivity contribution in [2.24, 2.45) is 0 Å². The minimum Gasteiger partial charge on any atom is -0.392 e. The van der Waals surface area contributed by atoms with Crippen molar-refractivity contribution in [3.05, 3.63) is 51.3 Å². The van der Waals surface area contributed by atoms with Gasteiger partial charge in [0.05, 0.1) is 6.61 Å². The van der Waals surface area contributed by atoms with Crippen molar-refractivity contribution >= 4 is 15.9 Å². The van der Waals surface area contributed by atoms with Crippen molar-refractivity contribution in [2.75, 3.05) is 0 Å². The summed E-state index contributed by atoms with van der Waals surface area (Å²) >= 11 is 3.51. The van der Waals surface area contributed by atoms with Crippen LogP contribution in [0, 0.1) is 20.8 Å². The summed E-state index contributed by atoms with van der Waals surface area (Å²) in [6.45, 7) is 6.27. The van der Waals surface area contributed by atoms with E-state index in [-0.39, 0.29) is 6.61 Å². The smallest absolute Gasteiger partial charge is 0.0699 e. The highest BCUT2D eigenvalue weighted by Gasteiger charge is 2.10. The predicted octanol–water partition coefficient (Wildman–Crippen LogP) is 3.66. The average molecular weight is 294 g/mol.